The van der Waals surface area contributed by atoms with Crippen molar-refractivity contribution in [1.29, 1.82) is 0 Å². The molecule has 2 aromatic rings. The molecule has 0 saturated carbocycles. The average molecular weight is 595 g/mol. The van der Waals surface area contributed by atoms with Crippen molar-refractivity contribution in [2.24, 2.45) is 0 Å². The van der Waals surface area contributed by atoms with Gasteiger partial charge in [-0.25, -0.2) is 4.39 Å². The molecular formula is C33H46Cl2FNO3. The van der Waals surface area contributed by atoms with Crippen LogP contribution in [0.2, 0.25) is 5.02 Å². The lowest BCUT2D eigenvalue weighted by atomic mass is 9.84. The van der Waals surface area contributed by atoms with E-state index in [-0.39, 0.29) is 30.0 Å². The van der Waals surface area contributed by atoms with Gasteiger partial charge < -0.3 is 9.64 Å². The normalized spacial score (nSPS) is 14.9. The number of hydrogen-bond acceptors (Lipinski definition) is 4. The maximum absolute atomic E-state index is 13.1. The smallest absolute Gasteiger partial charge is 0.306 e. The fraction of sp³-hybridized carbons (Fsp3) is 0.576. The standard InChI is InChI=1S/C33H45ClFNO3.ClH/c1-2-3-4-5-6-7-8-9-10-13-32(38)39-33(28-16-18-29(34)19-17-28)22-25-36(26-23-33)24-11-12-31(37)27-14-20-30(35)21-15-27;/h14-21H,2-13,22-26H2,1H3;1H. The number of rotatable bonds is 17. The number of ketones is 1. The fourth-order valence-electron chi connectivity index (χ4n) is 5.43. The van der Waals surface area contributed by atoms with Crippen LogP contribution in [-0.4, -0.2) is 36.3 Å². The molecule has 4 nitrogen and oxygen atoms in total. The Kier molecular flexibility index (Phi) is 15.8. The summed E-state index contributed by atoms with van der Waals surface area (Å²) in [6, 6.07) is 13.4. The second-order valence-electron chi connectivity index (χ2n) is 10.9. The zero-order valence-corrected chi connectivity index (χ0v) is 25.5. The molecule has 1 fully saturated rings. The molecule has 0 amide bonds. The van der Waals surface area contributed by atoms with Crippen molar-refractivity contribution in [2.45, 2.75) is 102 Å². The van der Waals surface area contributed by atoms with Crippen LogP contribution < -0.4 is 0 Å². The van der Waals surface area contributed by atoms with E-state index < -0.39 is 5.60 Å². The van der Waals surface area contributed by atoms with Gasteiger partial charge in [0.05, 0.1) is 0 Å². The first-order valence-corrected chi connectivity index (χ1v) is 15.3. The number of likely N-dealkylation sites (tertiary alicyclic amines) is 1. The van der Waals surface area contributed by atoms with Gasteiger partial charge in [-0.1, -0.05) is 82.0 Å². The number of carbonyl (C=O) groups excluding carboxylic acids is 2. The van der Waals surface area contributed by atoms with Crippen molar-refractivity contribution >= 4 is 35.8 Å². The minimum atomic E-state index is -0.638. The Morgan fingerprint density at radius 1 is 0.825 bits per heavy atom. The molecule has 2 aromatic carbocycles. The molecule has 1 saturated heterocycles. The zero-order chi connectivity index (χ0) is 27.9. The quantitative estimate of drug-likeness (QED) is 0.104. The summed E-state index contributed by atoms with van der Waals surface area (Å²) in [5, 5.41) is 0.665. The van der Waals surface area contributed by atoms with Crippen LogP contribution in [0.25, 0.3) is 0 Å². The summed E-state index contributed by atoms with van der Waals surface area (Å²) in [6.45, 7) is 4.62. The average Bonchev–Trinajstić information content (AvgIpc) is 2.94. The van der Waals surface area contributed by atoms with Gasteiger partial charge in [0.2, 0.25) is 0 Å². The Morgan fingerprint density at radius 3 is 2.00 bits per heavy atom. The summed E-state index contributed by atoms with van der Waals surface area (Å²) in [4.78, 5) is 27.7. The van der Waals surface area contributed by atoms with Gasteiger partial charge >= 0.3 is 5.97 Å². The first-order valence-electron chi connectivity index (χ1n) is 14.9. The van der Waals surface area contributed by atoms with E-state index in [1.54, 1.807) is 12.1 Å². The van der Waals surface area contributed by atoms with Gasteiger partial charge in [0.1, 0.15) is 11.4 Å². The molecule has 40 heavy (non-hydrogen) atoms. The molecule has 0 aliphatic carbocycles. The van der Waals surface area contributed by atoms with Crippen LogP contribution in [0.3, 0.4) is 0 Å². The van der Waals surface area contributed by atoms with Crippen LogP contribution in [0.5, 0.6) is 0 Å². The highest BCUT2D eigenvalue weighted by Gasteiger charge is 2.39. The van der Waals surface area contributed by atoms with E-state index in [0.717, 1.165) is 44.5 Å². The van der Waals surface area contributed by atoms with Crippen molar-refractivity contribution in [3.8, 4) is 0 Å². The lowest BCUT2D eigenvalue weighted by Crippen LogP contribution is -2.45. The molecule has 0 radical (unpaired) electrons. The second-order valence-corrected chi connectivity index (χ2v) is 11.4. The molecule has 0 bridgehead atoms. The maximum Gasteiger partial charge on any atom is 0.306 e. The van der Waals surface area contributed by atoms with Crippen molar-refractivity contribution < 1.29 is 18.7 Å². The lowest BCUT2D eigenvalue weighted by Gasteiger charge is -2.41. The van der Waals surface area contributed by atoms with Gasteiger partial charge in [0, 0.05) is 49.4 Å². The van der Waals surface area contributed by atoms with Crippen molar-refractivity contribution in [3.05, 3.63) is 70.5 Å². The summed E-state index contributed by atoms with van der Waals surface area (Å²) in [5.41, 5.74) is 0.913. The third-order valence-electron chi connectivity index (χ3n) is 7.87. The molecule has 0 atom stereocenters. The third-order valence-corrected chi connectivity index (χ3v) is 8.12. The Hall–Kier alpha value is -1.95. The molecule has 1 aliphatic heterocycles. The number of unbranched alkanes of at least 4 members (excludes halogenated alkanes) is 8. The van der Waals surface area contributed by atoms with E-state index in [2.05, 4.69) is 11.8 Å². The van der Waals surface area contributed by atoms with Crippen molar-refractivity contribution in [2.75, 3.05) is 19.6 Å². The van der Waals surface area contributed by atoms with Gasteiger partial charge in [0.25, 0.3) is 0 Å². The molecule has 0 N–H and O–H groups in total. The predicted molar refractivity (Wildman–Crippen MR) is 164 cm³/mol. The maximum atomic E-state index is 13.1. The van der Waals surface area contributed by atoms with Crippen molar-refractivity contribution in [1.82, 2.24) is 4.90 Å². The number of ether oxygens (including phenoxy) is 1. The lowest BCUT2D eigenvalue weighted by molar-refractivity contribution is -0.167. The summed E-state index contributed by atoms with van der Waals surface area (Å²) in [5.74, 6) is -0.419. The molecule has 0 aromatic heterocycles. The second kappa shape index (κ2) is 18.5. The number of carbonyl (C=O) groups is 2. The zero-order valence-electron chi connectivity index (χ0n) is 24.0. The predicted octanol–water partition coefficient (Wildman–Crippen LogP) is 9.32. The van der Waals surface area contributed by atoms with Crippen LogP contribution in [0.4, 0.5) is 4.39 Å². The first-order chi connectivity index (χ1) is 18.9. The van der Waals surface area contributed by atoms with E-state index in [4.69, 9.17) is 16.3 Å². The van der Waals surface area contributed by atoms with Gasteiger partial charge in [-0.2, -0.15) is 0 Å². The summed E-state index contributed by atoms with van der Waals surface area (Å²) >= 11 is 6.14. The number of esters is 1. The van der Waals surface area contributed by atoms with Crippen LogP contribution >= 0.6 is 24.0 Å². The van der Waals surface area contributed by atoms with E-state index >= 15 is 0 Å². The highest BCUT2D eigenvalue weighted by Crippen LogP contribution is 2.38. The van der Waals surface area contributed by atoms with Crippen LogP contribution in [0.1, 0.15) is 113 Å². The van der Waals surface area contributed by atoms with Crippen LogP contribution in [0.15, 0.2) is 48.5 Å². The Labute approximate surface area is 251 Å². The van der Waals surface area contributed by atoms with Gasteiger partial charge in [-0.05, 0) is 61.3 Å². The van der Waals surface area contributed by atoms with E-state index in [1.807, 2.05) is 24.3 Å². The fourth-order valence-corrected chi connectivity index (χ4v) is 5.56. The molecule has 1 heterocycles. The number of hydrogen-bond donors (Lipinski definition) is 0. The summed E-state index contributed by atoms with van der Waals surface area (Å²) in [6.07, 6.45) is 14.0. The van der Waals surface area contributed by atoms with Gasteiger partial charge in [0.15, 0.2) is 5.78 Å². The molecule has 222 valence electrons. The van der Waals surface area contributed by atoms with Crippen LogP contribution in [-0.2, 0) is 15.1 Å². The van der Waals surface area contributed by atoms with E-state index in [1.165, 1.54) is 57.1 Å². The van der Waals surface area contributed by atoms with E-state index in [0.29, 0.717) is 36.3 Å². The number of nitrogens with zero attached hydrogens (tertiary/aromatic N) is 1. The summed E-state index contributed by atoms with van der Waals surface area (Å²) in [7, 11) is 0. The number of halogens is 3. The number of Topliss-reactive ketones (excluding diaryl/α,β-unsaturated/α-hetero) is 1. The minimum Gasteiger partial charge on any atom is -0.454 e. The largest absolute Gasteiger partial charge is 0.454 e. The molecule has 3 rings (SSSR count). The highest BCUT2D eigenvalue weighted by molar-refractivity contribution is 6.30. The van der Waals surface area contributed by atoms with Crippen molar-refractivity contribution in [3.63, 3.8) is 0 Å². The minimum absolute atomic E-state index is 0. The third kappa shape index (κ3) is 11.5. The number of benzene rings is 2. The molecule has 1 aliphatic rings. The first kappa shape index (κ1) is 34.3. The highest BCUT2D eigenvalue weighted by atomic mass is 35.5. The molecular weight excluding hydrogens is 548 g/mol. The Balaban J connectivity index is 0.00000560. The Bertz CT molecular complexity index is 1010. The van der Waals surface area contributed by atoms with E-state index in [9.17, 15) is 14.0 Å². The van der Waals surface area contributed by atoms with Crippen LogP contribution in [0, 0.1) is 5.82 Å². The monoisotopic (exact) mass is 593 g/mol. The molecule has 7 heteroatoms. The van der Waals surface area contributed by atoms with Gasteiger partial charge in [-0.3, -0.25) is 9.59 Å². The topological polar surface area (TPSA) is 46.6 Å². The molecule has 0 unspecified atom stereocenters. The summed E-state index contributed by atoms with van der Waals surface area (Å²) < 4.78 is 19.4. The Morgan fingerprint density at radius 2 is 1.40 bits per heavy atom. The number of piperidine rings is 1. The molecule has 0 spiro atoms. The van der Waals surface area contributed by atoms with Gasteiger partial charge in [-0.15, -0.1) is 12.4 Å². The SMILES string of the molecule is CCCCCCCCCCCC(=O)OC1(c2ccc(Cl)cc2)CCN(CCCC(=O)c2ccc(F)cc2)CC1.Cl.